The SMILES string of the molecule is Cc1cc2n(n1)C[C@@H](CNC[C@@H]1CCS(=O)(=O)C1)CN2. The molecule has 2 aliphatic heterocycles. The lowest BCUT2D eigenvalue weighted by atomic mass is 10.1. The van der Waals surface area contributed by atoms with Crippen molar-refractivity contribution in [2.45, 2.75) is 19.9 Å². The molecule has 0 aliphatic carbocycles. The fourth-order valence-corrected chi connectivity index (χ4v) is 4.91. The maximum Gasteiger partial charge on any atom is 0.150 e. The van der Waals surface area contributed by atoms with E-state index in [2.05, 4.69) is 21.8 Å². The van der Waals surface area contributed by atoms with Crippen molar-refractivity contribution in [3.63, 3.8) is 0 Å². The van der Waals surface area contributed by atoms with Gasteiger partial charge in [-0.1, -0.05) is 0 Å². The Morgan fingerprint density at radius 1 is 1.45 bits per heavy atom. The van der Waals surface area contributed by atoms with E-state index in [1.54, 1.807) is 0 Å². The van der Waals surface area contributed by atoms with Gasteiger partial charge in [0.2, 0.25) is 0 Å². The summed E-state index contributed by atoms with van der Waals surface area (Å²) in [7, 11) is -2.75. The Bertz CT molecular complexity index is 581. The zero-order chi connectivity index (χ0) is 14.2. The topological polar surface area (TPSA) is 76.0 Å². The Hall–Kier alpha value is -1.08. The van der Waals surface area contributed by atoms with E-state index in [-0.39, 0.29) is 0 Å². The van der Waals surface area contributed by atoms with Crippen LogP contribution in [0.15, 0.2) is 6.07 Å². The van der Waals surface area contributed by atoms with Gasteiger partial charge in [0.1, 0.15) is 5.82 Å². The molecular weight excluding hydrogens is 276 g/mol. The predicted molar refractivity (Wildman–Crippen MR) is 78.6 cm³/mol. The van der Waals surface area contributed by atoms with E-state index in [0.29, 0.717) is 23.3 Å². The van der Waals surface area contributed by atoms with Crippen LogP contribution in [0.2, 0.25) is 0 Å². The van der Waals surface area contributed by atoms with Crippen molar-refractivity contribution in [3.05, 3.63) is 11.8 Å². The molecule has 2 atom stereocenters. The largest absolute Gasteiger partial charge is 0.370 e. The maximum atomic E-state index is 11.4. The van der Waals surface area contributed by atoms with Crippen molar-refractivity contribution in [1.29, 1.82) is 0 Å². The van der Waals surface area contributed by atoms with Gasteiger partial charge in [-0.2, -0.15) is 5.10 Å². The smallest absolute Gasteiger partial charge is 0.150 e. The van der Waals surface area contributed by atoms with Crippen molar-refractivity contribution in [2.75, 3.05) is 36.5 Å². The number of nitrogens with zero attached hydrogens (tertiary/aromatic N) is 2. The van der Waals surface area contributed by atoms with E-state index in [0.717, 1.165) is 44.1 Å². The highest BCUT2D eigenvalue weighted by atomic mass is 32.2. The van der Waals surface area contributed by atoms with Gasteiger partial charge < -0.3 is 10.6 Å². The predicted octanol–water partition coefficient (Wildman–Crippen LogP) is 0.258. The van der Waals surface area contributed by atoms with Gasteiger partial charge in [0.05, 0.1) is 17.2 Å². The Morgan fingerprint density at radius 2 is 2.25 bits per heavy atom. The summed E-state index contributed by atoms with van der Waals surface area (Å²) in [6.45, 7) is 5.58. The number of hydrogen-bond acceptors (Lipinski definition) is 5. The van der Waals surface area contributed by atoms with Gasteiger partial charge in [-0.25, -0.2) is 13.1 Å². The molecule has 2 aliphatic rings. The second kappa shape index (κ2) is 5.37. The van der Waals surface area contributed by atoms with Gasteiger partial charge >= 0.3 is 0 Å². The first-order chi connectivity index (χ1) is 9.52. The molecule has 0 aromatic carbocycles. The van der Waals surface area contributed by atoms with Crippen LogP contribution in [0.5, 0.6) is 0 Å². The van der Waals surface area contributed by atoms with Crippen molar-refractivity contribution >= 4 is 15.7 Å². The minimum atomic E-state index is -2.75. The number of fused-ring (bicyclic) bond motifs is 1. The number of hydrogen-bond donors (Lipinski definition) is 2. The minimum Gasteiger partial charge on any atom is -0.370 e. The van der Waals surface area contributed by atoms with Crippen molar-refractivity contribution in [2.24, 2.45) is 11.8 Å². The number of rotatable bonds is 4. The number of anilines is 1. The molecule has 1 aromatic heterocycles. The molecule has 0 radical (unpaired) electrons. The summed E-state index contributed by atoms with van der Waals surface area (Å²) in [4.78, 5) is 0. The molecule has 20 heavy (non-hydrogen) atoms. The van der Waals surface area contributed by atoms with Crippen LogP contribution in [0, 0.1) is 18.8 Å². The van der Waals surface area contributed by atoms with E-state index in [1.165, 1.54) is 0 Å². The maximum absolute atomic E-state index is 11.4. The molecule has 1 fully saturated rings. The quantitative estimate of drug-likeness (QED) is 0.834. The lowest BCUT2D eigenvalue weighted by Gasteiger charge is -2.25. The summed E-state index contributed by atoms with van der Waals surface area (Å²) in [5.41, 5.74) is 1.04. The van der Waals surface area contributed by atoms with Crippen LogP contribution in [0.4, 0.5) is 5.82 Å². The molecule has 2 N–H and O–H groups in total. The third-order valence-electron chi connectivity index (χ3n) is 4.10. The third kappa shape index (κ3) is 3.15. The molecular formula is C13H22N4O2S. The zero-order valence-electron chi connectivity index (χ0n) is 11.8. The Labute approximate surface area is 119 Å². The fourth-order valence-electron chi connectivity index (χ4n) is 3.05. The van der Waals surface area contributed by atoms with Crippen molar-refractivity contribution in [1.82, 2.24) is 15.1 Å². The Kier molecular flexibility index (Phi) is 3.72. The first-order valence-electron chi connectivity index (χ1n) is 7.21. The van der Waals surface area contributed by atoms with Gasteiger partial charge in [0, 0.05) is 31.6 Å². The van der Waals surface area contributed by atoms with Gasteiger partial charge in [0.25, 0.3) is 0 Å². The lowest BCUT2D eigenvalue weighted by Crippen LogP contribution is -2.37. The second-order valence-electron chi connectivity index (χ2n) is 6.03. The third-order valence-corrected chi connectivity index (χ3v) is 5.93. The Morgan fingerprint density at radius 3 is 3.00 bits per heavy atom. The van der Waals surface area contributed by atoms with E-state index >= 15 is 0 Å². The van der Waals surface area contributed by atoms with Crippen LogP contribution in [0.1, 0.15) is 12.1 Å². The molecule has 0 spiro atoms. The molecule has 0 bridgehead atoms. The minimum absolute atomic E-state index is 0.291. The molecule has 3 heterocycles. The normalized spacial score (nSPS) is 28.1. The average molecular weight is 298 g/mol. The van der Waals surface area contributed by atoms with Crippen LogP contribution in [-0.4, -0.2) is 49.3 Å². The standard InChI is InChI=1S/C13H22N4O2S/c1-10-4-13-15-7-12(8-17(13)16-10)6-14-5-11-2-3-20(18,19)9-11/h4,11-12,14-15H,2-3,5-9H2,1H3/t11-,12-/m0/s1. The summed E-state index contributed by atoms with van der Waals surface area (Å²) >= 11 is 0. The molecule has 0 unspecified atom stereocenters. The van der Waals surface area contributed by atoms with Crippen LogP contribution in [0.3, 0.4) is 0 Å². The summed E-state index contributed by atoms with van der Waals surface area (Å²) in [5.74, 6) is 2.60. The first kappa shape index (κ1) is 13.9. The number of nitrogens with one attached hydrogen (secondary N) is 2. The molecule has 0 saturated carbocycles. The monoisotopic (exact) mass is 298 g/mol. The van der Waals surface area contributed by atoms with Gasteiger partial charge in [-0.3, -0.25) is 0 Å². The highest BCUT2D eigenvalue weighted by molar-refractivity contribution is 7.91. The molecule has 112 valence electrons. The first-order valence-corrected chi connectivity index (χ1v) is 9.03. The number of sulfone groups is 1. The molecule has 7 heteroatoms. The van der Waals surface area contributed by atoms with Crippen LogP contribution in [0.25, 0.3) is 0 Å². The number of aromatic nitrogens is 2. The summed E-state index contributed by atoms with van der Waals surface area (Å²) in [6, 6.07) is 2.06. The van der Waals surface area contributed by atoms with E-state index in [1.807, 2.05) is 11.6 Å². The van der Waals surface area contributed by atoms with Crippen LogP contribution in [-0.2, 0) is 16.4 Å². The zero-order valence-corrected chi connectivity index (χ0v) is 12.6. The molecule has 1 saturated heterocycles. The van der Waals surface area contributed by atoms with Gasteiger partial charge in [-0.15, -0.1) is 0 Å². The molecule has 0 amide bonds. The highest BCUT2D eigenvalue weighted by Gasteiger charge is 2.27. The number of aryl methyl sites for hydroxylation is 1. The average Bonchev–Trinajstić information content (AvgIpc) is 2.90. The van der Waals surface area contributed by atoms with Crippen LogP contribution >= 0.6 is 0 Å². The van der Waals surface area contributed by atoms with E-state index in [4.69, 9.17) is 0 Å². The molecule has 1 aromatic rings. The van der Waals surface area contributed by atoms with Crippen LogP contribution < -0.4 is 10.6 Å². The fraction of sp³-hybridized carbons (Fsp3) is 0.769. The van der Waals surface area contributed by atoms with E-state index < -0.39 is 9.84 Å². The summed E-state index contributed by atoms with van der Waals surface area (Å²) < 4.78 is 24.8. The van der Waals surface area contributed by atoms with Crippen molar-refractivity contribution in [3.8, 4) is 0 Å². The van der Waals surface area contributed by atoms with E-state index in [9.17, 15) is 8.42 Å². The van der Waals surface area contributed by atoms with Gasteiger partial charge in [0.15, 0.2) is 9.84 Å². The lowest BCUT2D eigenvalue weighted by molar-refractivity contribution is 0.379. The highest BCUT2D eigenvalue weighted by Crippen LogP contribution is 2.19. The Balaban J connectivity index is 1.44. The van der Waals surface area contributed by atoms with Gasteiger partial charge in [-0.05, 0) is 25.8 Å². The second-order valence-corrected chi connectivity index (χ2v) is 8.26. The summed E-state index contributed by atoms with van der Waals surface area (Å²) in [5, 5.41) is 11.3. The summed E-state index contributed by atoms with van der Waals surface area (Å²) in [6.07, 6.45) is 0.806. The molecule has 3 rings (SSSR count). The molecule has 6 nitrogen and oxygen atoms in total. The van der Waals surface area contributed by atoms with Crippen molar-refractivity contribution < 1.29 is 8.42 Å².